The maximum Gasteiger partial charge on any atom is 0.340 e. The Balaban J connectivity index is 0.00000259. The van der Waals surface area contributed by atoms with Gasteiger partial charge in [-0.2, -0.15) is 0 Å². The second-order valence-corrected chi connectivity index (χ2v) is 9.19. The zero-order chi connectivity index (χ0) is 22.7. The molecule has 3 N–H and O–H groups in total. The summed E-state index contributed by atoms with van der Waals surface area (Å²) in [6, 6.07) is 9.44. The molecule has 2 aromatic heterocycles. The van der Waals surface area contributed by atoms with Crippen molar-refractivity contribution in [3.05, 3.63) is 53.3 Å². The standard InChI is InChI=1S/C25H28N4O3.ClH/c1-5-18(26)14-6-8-19(31-4)17-13-27-21(12-16(14)17)28-20-9-7-15-22(29-20)25(10-11-25)24(2,3)32-23(15)30;/h6-9,12-13,18H,5,10-11,26H2,1-4H3,(H,27,28,29);1H. The summed E-state index contributed by atoms with van der Waals surface area (Å²) >= 11 is 0. The van der Waals surface area contributed by atoms with Gasteiger partial charge < -0.3 is 20.5 Å². The molecule has 3 heterocycles. The second kappa shape index (κ2) is 8.15. The van der Waals surface area contributed by atoms with E-state index in [1.165, 1.54) is 0 Å². The molecule has 2 aliphatic rings. The molecular formula is C25H29ClN4O3. The maximum atomic E-state index is 12.5. The van der Waals surface area contributed by atoms with Crippen molar-refractivity contribution in [3.8, 4) is 5.75 Å². The van der Waals surface area contributed by atoms with Gasteiger partial charge in [-0.05, 0) is 68.3 Å². The van der Waals surface area contributed by atoms with Gasteiger partial charge in [0.1, 0.15) is 23.0 Å². The number of pyridine rings is 2. The SMILES string of the molecule is CCC(N)c1ccc(OC)c2cnc(Nc3ccc4c(n3)C3(CC3)C(C)(C)OC4=O)cc12.Cl. The van der Waals surface area contributed by atoms with Gasteiger partial charge in [-0.3, -0.25) is 0 Å². The number of benzene rings is 1. The number of carbonyl (C=O) groups is 1. The highest BCUT2D eigenvalue weighted by Gasteiger charge is 2.63. The molecule has 1 atom stereocenters. The number of hydrogen-bond acceptors (Lipinski definition) is 7. The molecule has 33 heavy (non-hydrogen) atoms. The predicted octanol–water partition coefficient (Wildman–Crippen LogP) is 5.19. The average Bonchev–Trinajstić information content (AvgIpc) is 3.59. The first-order chi connectivity index (χ1) is 15.3. The number of nitrogens with one attached hydrogen (secondary N) is 1. The quantitative estimate of drug-likeness (QED) is 0.497. The Labute approximate surface area is 199 Å². The van der Waals surface area contributed by atoms with E-state index in [0.29, 0.717) is 17.2 Å². The van der Waals surface area contributed by atoms with E-state index >= 15 is 0 Å². The fourth-order valence-electron chi connectivity index (χ4n) is 4.85. The molecule has 1 aliphatic carbocycles. The number of nitrogens with zero attached hydrogens (tertiary/aromatic N) is 2. The van der Waals surface area contributed by atoms with Crippen molar-refractivity contribution >= 4 is 40.8 Å². The molecule has 7 nitrogen and oxygen atoms in total. The summed E-state index contributed by atoms with van der Waals surface area (Å²) in [6.45, 7) is 6.01. The Morgan fingerprint density at radius 1 is 1.18 bits per heavy atom. The Bertz CT molecular complexity index is 1240. The lowest BCUT2D eigenvalue weighted by Crippen LogP contribution is -2.46. The summed E-state index contributed by atoms with van der Waals surface area (Å²) in [5.74, 6) is 1.76. The number of carbonyl (C=O) groups excluding carboxylic acids is 1. The van der Waals surface area contributed by atoms with Crippen LogP contribution in [-0.2, 0) is 10.2 Å². The predicted molar refractivity (Wildman–Crippen MR) is 131 cm³/mol. The minimum absolute atomic E-state index is 0. The third kappa shape index (κ3) is 3.60. The summed E-state index contributed by atoms with van der Waals surface area (Å²) in [6.07, 6.45) is 4.54. The molecule has 0 saturated heterocycles. The highest BCUT2D eigenvalue weighted by Crippen LogP contribution is 2.59. The zero-order valence-electron chi connectivity index (χ0n) is 19.3. The first kappa shape index (κ1) is 23.3. The molecule has 1 spiro atoms. The smallest absolute Gasteiger partial charge is 0.340 e. The number of hydrogen-bond donors (Lipinski definition) is 2. The van der Waals surface area contributed by atoms with Crippen LogP contribution in [-0.4, -0.2) is 28.6 Å². The van der Waals surface area contributed by atoms with Gasteiger partial charge in [0, 0.05) is 17.6 Å². The number of ether oxygens (including phenoxy) is 2. The third-order valence-corrected chi connectivity index (χ3v) is 7.03. The number of methoxy groups -OCH3 is 1. The lowest BCUT2D eigenvalue weighted by atomic mass is 9.80. The fourth-order valence-corrected chi connectivity index (χ4v) is 4.85. The molecule has 1 aromatic carbocycles. The number of halogens is 1. The van der Waals surface area contributed by atoms with Gasteiger partial charge in [0.15, 0.2) is 0 Å². The van der Waals surface area contributed by atoms with E-state index in [4.69, 9.17) is 20.2 Å². The highest BCUT2D eigenvalue weighted by atomic mass is 35.5. The van der Waals surface area contributed by atoms with Crippen LogP contribution >= 0.6 is 12.4 Å². The van der Waals surface area contributed by atoms with Crippen LogP contribution in [0.3, 0.4) is 0 Å². The summed E-state index contributed by atoms with van der Waals surface area (Å²) < 4.78 is 11.2. The second-order valence-electron chi connectivity index (χ2n) is 9.19. The fraction of sp³-hybridized carbons (Fsp3) is 0.400. The number of fused-ring (bicyclic) bond motifs is 3. The molecule has 3 aromatic rings. The van der Waals surface area contributed by atoms with Crippen LogP contribution in [0.1, 0.15) is 67.7 Å². The Morgan fingerprint density at radius 2 is 1.94 bits per heavy atom. The largest absolute Gasteiger partial charge is 0.496 e. The molecule has 5 rings (SSSR count). The van der Waals surface area contributed by atoms with Crippen molar-refractivity contribution in [2.75, 3.05) is 12.4 Å². The van der Waals surface area contributed by atoms with Crippen LogP contribution in [0.15, 0.2) is 36.5 Å². The van der Waals surface area contributed by atoms with E-state index in [1.807, 2.05) is 32.0 Å². The van der Waals surface area contributed by atoms with E-state index in [-0.39, 0.29) is 29.8 Å². The van der Waals surface area contributed by atoms with E-state index < -0.39 is 5.60 Å². The number of rotatable bonds is 5. The molecule has 1 saturated carbocycles. The van der Waals surface area contributed by atoms with Gasteiger partial charge >= 0.3 is 5.97 Å². The Kier molecular flexibility index (Phi) is 5.75. The zero-order valence-corrected chi connectivity index (χ0v) is 20.1. The molecular weight excluding hydrogens is 440 g/mol. The number of cyclic esters (lactones) is 1. The molecule has 0 radical (unpaired) electrons. The van der Waals surface area contributed by atoms with Gasteiger partial charge in [-0.15, -0.1) is 12.4 Å². The number of nitrogens with two attached hydrogens (primary N) is 1. The highest BCUT2D eigenvalue weighted by molar-refractivity contribution is 5.94. The summed E-state index contributed by atoms with van der Waals surface area (Å²) in [5.41, 5.74) is 8.02. The van der Waals surface area contributed by atoms with Crippen molar-refractivity contribution in [3.63, 3.8) is 0 Å². The van der Waals surface area contributed by atoms with E-state index in [0.717, 1.165) is 47.0 Å². The van der Waals surface area contributed by atoms with Crippen LogP contribution in [0.5, 0.6) is 5.75 Å². The van der Waals surface area contributed by atoms with Crippen molar-refractivity contribution in [1.82, 2.24) is 9.97 Å². The number of anilines is 2. The minimum Gasteiger partial charge on any atom is -0.496 e. The van der Waals surface area contributed by atoms with Crippen LogP contribution in [0.4, 0.5) is 11.6 Å². The normalized spacial score (nSPS) is 18.2. The molecule has 0 amide bonds. The van der Waals surface area contributed by atoms with E-state index in [1.54, 1.807) is 25.4 Å². The first-order valence-corrected chi connectivity index (χ1v) is 11.0. The average molecular weight is 469 g/mol. The lowest BCUT2D eigenvalue weighted by molar-refractivity contribution is -0.0285. The summed E-state index contributed by atoms with van der Waals surface area (Å²) in [7, 11) is 1.65. The third-order valence-electron chi connectivity index (χ3n) is 7.03. The first-order valence-electron chi connectivity index (χ1n) is 11.0. The molecule has 174 valence electrons. The van der Waals surface area contributed by atoms with Crippen molar-refractivity contribution < 1.29 is 14.3 Å². The van der Waals surface area contributed by atoms with Crippen LogP contribution in [0, 0.1) is 0 Å². The monoisotopic (exact) mass is 468 g/mol. The van der Waals surface area contributed by atoms with Gasteiger partial charge in [-0.1, -0.05) is 13.0 Å². The van der Waals surface area contributed by atoms with Crippen molar-refractivity contribution in [1.29, 1.82) is 0 Å². The minimum atomic E-state index is -0.564. The Morgan fingerprint density at radius 3 is 2.61 bits per heavy atom. The van der Waals surface area contributed by atoms with Crippen LogP contribution in [0.25, 0.3) is 10.8 Å². The maximum absolute atomic E-state index is 12.5. The van der Waals surface area contributed by atoms with E-state index in [2.05, 4.69) is 17.2 Å². The van der Waals surface area contributed by atoms with Gasteiger partial charge in [0.05, 0.1) is 23.8 Å². The summed E-state index contributed by atoms with van der Waals surface area (Å²) in [4.78, 5) is 21.9. The van der Waals surface area contributed by atoms with Gasteiger partial charge in [-0.25, -0.2) is 14.8 Å². The molecule has 0 bridgehead atoms. The Hall–Kier alpha value is -2.90. The van der Waals surface area contributed by atoms with Crippen molar-refractivity contribution in [2.24, 2.45) is 5.73 Å². The topological polar surface area (TPSA) is 99.4 Å². The van der Waals surface area contributed by atoms with Crippen LogP contribution in [0.2, 0.25) is 0 Å². The van der Waals surface area contributed by atoms with E-state index in [9.17, 15) is 4.79 Å². The van der Waals surface area contributed by atoms with Crippen molar-refractivity contribution in [2.45, 2.75) is 57.1 Å². The number of esters is 1. The summed E-state index contributed by atoms with van der Waals surface area (Å²) in [5, 5.41) is 5.23. The number of aromatic nitrogens is 2. The lowest BCUT2D eigenvalue weighted by Gasteiger charge is -2.39. The molecule has 1 unspecified atom stereocenters. The molecule has 1 fully saturated rings. The van der Waals surface area contributed by atoms with Gasteiger partial charge in [0.25, 0.3) is 0 Å². The van der Waals surface area contributed by atoms with Crippen LogP contribution < -0.4 is 15.8 Å². The molecule has 8 heteroatoms. The van der Waals surface area contributed by atoms with Gasteiger partial charge in [0.2, 0.25) is 0 Å². The molecule has 1 aliphatic heterocycles.